The number of aromatic nitrogens is 2. The molecule has 0 aliphatic heterocycles. The van der Waals surface area contributed by atoms with Crippen molar-refractivity contribution < 1.29 is 24.5 Å². The van der Waals surface area contributed by atoms with Crippen molar-refractivity contribution >= 4 is 32.7 Å². The second-order valence-electron chi connectivity index (χ2n) is 11.5. The topological polar surface area (TPSA) is 38.9 Å². The molecule has 3 heterocycles. The molecule has 0 fully saturated rings. The van der Waals surface area contributed by atoms with Crippen LogP contribution in [0.15, 0.2) is 126 Å². The molecule has 0 spiro atoms. The molecule has 0 aliphatic rings. The second kappa shape index (κ2) is 13.2. The molecule has 3 aromatic heterocycles. The fraction of sp³-hybridized carbons (Fsp3) is 0.0952. The monoisotopic (exact) mass is 773 g/mol. The number of nitrogens with zero attached hydrogens (tertiary/aromatic N) is 2. The Morgan fingerprint density at radius 1 is 0.543 bits per heavy atom. The van der Waals surface area contributed by atoms with Crippen molar-refractivity contribution in [2.24, 2.45) is 0 Å². The minimum Gasteiger partial charge on any atom is -0.456 e. The van der Waals surface area contributed by atoms with Gasteiger partial charge in [0.1, 0.15) is 11.2 Å². The maximum absolute atomic E-state index is 6.08. The van der Waals surface area contributed by atoms with E-state index in [0.717, 1.165) is 39.1 Å². The minimum absolute atomic E-state index is 0. The van der Waals surface area contributed by atoms with Crippen molar-refractivity contribution in [2.45, 2.75) is 27.7 Å². The second-order valence-corrected chi connectivity index (χ2v) is 11.5. The average molecular weight is 773 g/mol. The summed E-state index contributed by atoms with van der Waals surface area (Å²) in [5.41, 5.74) is 13.2. The third-order valence-corrected chi connectivity index (χ3v) is 8.40. The fourth-order valence-electron chi connectivity index (χ4n) is 5.81. The van der Waals surface area contributed by atoms with Crippen LogP contribution in [-0.4, -0.2) is 9.97 Å². The molecule has 0 unspecified atom stereocenters. The van der Waals surface area contributed by atoms with Crippen molar-refractivity contribution in [1.82, 2.24) is 9.97 Å². The predicted molar refractivity (Wildman–Crippen MR) is 186 cm³/mol. The summed E-state index contributed by atoms with van der Waals surface area (Å²) in [4.78, 5) is 8.87. The van der Waals surface area contributed by atoms with E-state index >= 15 is 0 Å². The van der Waals surface area contributed by atoms with Crippen molar-refractivity contribution in [2.75, 3.05) is 0 Å². The number of aryl methyl sites for hydroxylation is 4. The molecule has 3 nitrogen and oxygen atoms in total. The van der Waals surface area contributed by atoms with Gasteiger partial charge in [0.15, 0.2) is 0 Å². The molecular weight excluding hydrogens is 741 g/mol. The van der Waals surface area contributed by atoms with Gasteiger partial charge in [-0.25, -0.2) is 0 Å². The molecule has 0 bridgehead atoms. The average Bonchev–Trinajstić information content (AvgIpc) is 3.46. The molecule has 8 aromatic rings. The summed E-state index contributed by atoms with van der Waals surface area (Å²) < 4.78 is 6.08. The third kappa shape index (κ3) is 6.02. The Kier molecular flexibility index (Phi) is 8.94. The molecule has 0 amide bonds. The molecule has 227 valence electrons. The zero-order chi connectivity index (χ0) is 30.9. The SMILES string of the molecule is Cc1c[c-]c(-c2cc(C)c(C)cn2)cc1.Cc1cc(-c2ccccn2)[c-]cc1-c1cccc2c1ccc1oc3ccccc3c12.[Ir]. The molecule has 8 rings (SSSR count). The van der Waals surface area contributed by atoms with Gasteiger partial charge in [-0.15, -0.1) is 64.7 Å². The maximum Gasteiger partial charge on any atom is 0.136 e. The quantitative estimate of drug-likeness (QED) is 0.168. The zero-order valence-electron chi connectivity index (χ0n) is 26.2. The number of rotatable bonds is 3. The van der Waals surface area contributed by atoms with E-state index in [4.69, 9.17) is 4.42 Å². The van der Waals surface area contributed by atoms with Crippen molar-refractivity contribution in [3.8, 4) is 33.6 Å². The fourth-order valence-corrected chi connectivity index (χ4v) is 5.81. The Morgan fingerprint density at radius 2 is 1.35 bits per heavy atom. The summed E-state index contributed by atoms with van der Waals surface area (Å²) in [6, 6.07) is 44.1. The van der Waals surface area contributed by atoms with Crippen LogP contribution in [0.4, 0.5) is 0 Å². The first-order chi connectivity index (χ1) is 22.0. The summed E-state index contributed by atoms with van der Waals surface area (Å²) in [6.07, 6.45) is 3.73. The third-order valence-electron chi connectivity index (χ3n) is 8.40. The first kappa shape index (κ1) is 31.1. The van der Waals surface area contributed by atoms with Gasteiger partial charge >= 0.3 is 0 Å². The number of fused-ring (bicyclic) bond motifs is 5. The number of hydrogen-bond acceptors (Lipinski definition) is 3. The Bertz CT molecular complexity index is 2300. The van der Waals surface area contributed by atoms with Crippen LogP contribution in [0.5, 0.6) is 0 Å². The van der Waals surface area contributed by atoms with E-state index < -0.39 is 0 Å². The van der Waals surface area contributed by atoms with Crippen LogP contribution in [0, 0.1) is 39.8 Å². The first-order valence-corrected chi connectivity index (χ1v) is 15.2. The van der Waals surface area contributed by atoms with Gasteiger partial charge in [0, 0.05) is 43.3 Å². The molecule has 0 atom stereocenters. The molecule has 5 aromatic carbocycles. The Hall–Kier alpha value is -4.89. The molecule has 4 heteroatoms. The Morgan fingerprint density at radius 3 is 2.11 bits per heavy atom. The molecule has 0 saturated carbocycles. The largest absolute Gasteiger partial charge is 0.456 e. The number of para-hydroxylation sites is 1. The number of furan rings is 1. The van der Waals surface area contributed by atoms with Crippen LogP contribution in [0.25, 0.3) is 66.4 Å². The normalized spacial score (nSPS) is 10.9. The molecule has 46 heavy (non-hydrogen) atoms. The maximum atomic E-state index is 6.08. The van der Waals surface area contributed by atoms with Crippen molar-refractivity contribution in [1.29, 1.82) is 0 Å². The van der Waals surface area contributed by atoms with Crippen LogP contribution in [0.1, 0.15) is 22.3 Å². The van der Waals surface area contributed by atoms with E-state index in [9.17, 15) is 0 Å². The van der Waals surface area contributed by atoms with Gasteiger partial charge in [-0.3, -0.25) is 0 Å². The van der Waals surface area contributed by atoms with E-state index in [1.54, 1.807) is 0 Å². The van der Waals surface area contributed by atoms with Crippen LogP contribution in [0.3, 0.4) is 0 Å². The van der Waals surface area contributed by atoms with Gasteiger partial charge in [0.25, 0.3) is 0 Å². The Labute approximate surface area is 283 Å². The Balaban J connectivity index is 0.000000197. The summed E-state index contributed by atoms with van der Waals surface area (Å²) in [5.74, 6) is 0. The van der Waals surface area contributed by atoms with Crippen LogP contribution >= 0.6 is 0 Å². The van der Waals surface area contributed by atoms with E-state index in [0.29, 0.717) is 0 Å². The molecule has 0 saturated heterocycles. The summed E-state index contributed by atoms with van der Waals surface area (Å²) in [6.45, 7) is 8.40. The molecule has 0 N–H and O–H groups in total. The van der Waals surface area contributed by atoms with Crippen LogP contribution in [-0.2, 0) is 20.1 Å². The smallest absolute Gasteiger partial charge is 0.136 e. The number of hydrogen-bond donors (Lipinski definition) is 0. The standard InChI is InChI=1S/C28H18NO.C14H14N.Ir/c1-18-17-19(25-10-4-5-16-29-25)12-13-20(18)21-8-6-9-23-22(21)14-15-27-28(23)24-7-2-3-11-26(24)30-27;1-10-4-6-13(7-5-10)14-8-11(2)12(3)9-15-14;/h2-11,13-17H,1H3;4-6,8-9H,1-3H3;/q2*-1;. The van der Waals surface area contributed by atoms with E-state index in [-0.39, 0.29) is 20.1 Å². The zero-order valence-corrected chi connectivity index (χ0v) is 28.6. The van der Waals surface area contributed by atoms with E-state index in [1.807, 2.05) is 48.8 Å². The minimum atomic E-state index is 0. The summed E-state index contributed by atoms with van der Waals surface area (Å²) in [5, 5.41) is 4.77. The van der Waals surface area contributed by atoms with E-state index in [1.165, 1.54) is 49.5 Å². The van der Waals surface area contributed by atoms with Crippen molar-refractivity contribution in [3.05, 3.63) is 156 Å². The molecule has 1 radical (unpaired) electrons. The number of pyridine rings is 2. The van der Waals surface area contributed by atoms with Gasteiger partial charge in [0.05, 0.1) is 0 Å². The molecular formula is C42H32IrN2O-2. The summed E-state index contributed by atoms with van der Waals surface area (Å²) >= 11 is 0. The van der Waals surface area contributed by atoms with Gasteiger partial charge in [-0.2, -0.15) is 0 Å². The summed E-state index contributed by atoms with van der Waals surface area (Å²) in [7, 11) is 0. The van der Waals surface area contributed by atoms with Gasteiger partial charge in [-0.1, -0.05) is 91.2 Å². The van der Waals surface area contributed by atoms with Crippen LogP contribution in [0.2, 0.25) is 0 Å². The molecule has 0 aliphatic carbocycles. The van der Waals surface area contributed by atoms with Gasteiger partial charge in [0.2, 0.25) is 0 Å². The predicted octanol–water partition coefficient (Wildman–Crippen LogP) is 11.0. The first-order valence-electron chi connectivity index (χ1n) is 15.2. The van der Waals surface area contributed by atoms with Gasteiger partial charge in [-0.05, 0) is 59.8 Å². The van der Waals surface area contributed by atoms with Crippen molar-refractivity contribution in [3.63, 3.8) is 0 Å². The van der Waals surface area contributed by atoms with E-state index in [2.05, 4.69) is 123 Å². The van der Waals surface area contributed by atoms with Crippen LogP contribution < -0.4 is 0 Å². The number of benzene rings is 5. The van der Waals surface area contributed by atoms with Gasteiger partial charge < -0.3 is 14.4 Å².